The van der Waals surface area contributed by atoms with Gasteiger partial charge < -0.3 is 5.11 Å². The van der Waals surface area contributed by atoms with Crippen molar-refractivity contribution >= 4 is 28.4 Å². The van der Waals surface area contributed by atoms with E-state index in [4.69, 9.17) is 16.6 Å². The second kappa shape index (κ2) is 5.13. The molecule has 3 heterocycles. The Morgan fingerprint density at radius 2 is 1.92 bits per heavy atom. The lowest BCUT2D eigenvalue weighted by Crippen LogP contribution is -2.01. The van der Waals surface area contributed by atoms with Crippen LogP contribution in [-0.2, 0) is 0 Å². The molecule has 1 fully saturated rings. The molecule has 0 unspecified atom stereocenters. The SMILES string of the molecule is Cc1nc2ccc(C3CC3)nc2n2c(-c3cc(O)ccc3Cl)nnc12. The number of phenols is 1. The molecule has 4 aromatic rings. The van der Waals surface area contributed by atoms with Crippen molar-refractivity contribution in [1.29, 1.82) is 0 Å². The Morgan fingerprint density at radius 1 is 1.08 bits per heavy atom. The molecule has 0 radical (unpaired) electrons. The first-order chi connectivity index (χ1) is 12.1. The molecule has 1 aliphatic rings. The molecule has 0 saturated heterocycles. The number of aromatic hydroxyl groups is 1. The van der Waals surface area contributed by atoms with E-state index in [-0.39, 0.29) is 5.75 Å². The largest absolute Gasteiger partial charge is 0.508 e. The number of nitrogens with zero attached hydrogens (tertiary/aromatic N) is 5. The van der Waals surface area contributed by atoms with Gasteiger partial charge in [0, 0.05) is 17.2 Å². The van der Waals surface area contributed by atoms with Gasteiger partial charge >= 0.3 is 0 Å². The average molecular weight is 352 g/mol. The fraction of sp³-hybridized carbons (Fsp3) is 0.222. The first kappa shape index (κ1) is 14.6. The number of benzene rings is 1. The summed E-state index contributed by atoms with van der Waals surface area (Å²) in [5.74, 6) is 1.20. The van der Waals surface area contributed by atoms with Gasteiger partial charge in [-0.1, -0.05) is 11.6 Å². The predicted molar refractivity (Wildman–Crippen MR) is 94.9 cm³/mol. The zero-order chi connectivity index (χ0) is 17.1. The molecule has 0 amide bonds. The van der Waals surface area contributed by atoms with Gasteiger partial charge in [-0.05, 0) is 50.1 Å². The minimum atomic E-state index is 0.123. The Kier molecular flexibility index (Phi) is 3.00. The Bertz CT molecular complexity index is 1150. The Balaban J connectivity index is 1.89. The van der Waals surface area contributed by atoms with Gasteiger partial charge in [-0.3, -0.25) is 4.40 Å². The maximum absolute atomic E-state index is 9.86. The van der Waals surface area contributed by atoms with E-state index in [9.17, 15) is 5.11 Å². The molecule has 124 valence electrons. The van der Waals surface area contributed by atoms with Gasteiger partial charge in [-0.2, -0.15) is 0 Å². The molecule has 5 rings (SSSR count). The van der Waals surface area contributed by atoms with Crippen LogP contribution in [0.3, 0.4) is 0 Å². The fourth-order valence-electron chi connectivity index (χ4n) is 3.12. The Labute approximate surface area is 148 Å². The quantitative estimate of drug-likeness (QED) is 0.593. The number of aromatic nitrogens is 5. The zero-order valence-electron chi connectivity index (χ0n) is 13.4. The molecule has 1 aliphatic carbocycles. The highest BCUT2D eigenvalue weighted by Gasteiger charge is 2.26. The second-order valence-electron chi connectivity index (χ2n) is 6.40. The maximum atomic E-state index is 9.86. The lowest BCUT2D eigenvalue weighted by atomic mass is 10.2. The van der Waals surface area contributed by atoms with Crippen LogP contribution in [0.25, 0.3) is 28.2 Å². The molecule has 0 bridgehead atoms. The molecular weight excluding hydrogens is 338 g/mol. The summed E-state index contributed by atoms with van der Waals surface area (Å²) in [6, 6.07) is 8.82. The van der Waals surface area contributed by atoms with Crippen LogP contribution >= 0.6 is 11.6 Å². The smallest absolute Gasteiger partial charge is 0.184 e. The third-order valence-corrected chi connectivity index (χ3v) is 4.88. The highest BCUT2D eigenvalue weighted by Crippen LogP contribution is 2.39. The molecule has 1 saturated carbocycles. The molecule has 1 aromatic carbocycles. The Hall–Kier alpha value is -2.73. The van der Waals surface area contributed by atoms with Crippen molar-refractivity contribution in [2.24, 2.45) is 0 Å². The summed E-state index contributed by atoms with van der Waals surface area (Å²) in [7, 11) is 0. The van der Waals surface area contributed by atoms with Crippen LogP contribution < -0.4 is 0 Å². The van der Waals surface area contributed by atoms with E-state index in [1.807, 2.05) is 23.5 Å². The highest BCUT2D eigenvalue weighted by atomic mass is 35.5. The lowest BCUT2D eigenvalue weighted by Gasteiger charge is -2.08. The van der Waals surface area contributed by atoms with Crippen LogP contribution in [0.4, 0.5) is 0 Å². The van der Waals surface area contributed by atoms with Gasteiger partial charge in [0.05, 0.1) is 10.7 Å². The summed E-state index contributed by atoms with van der Waals surface area (Å²) in [6.45, 7) is 1.89. The van der Waals surface area contributed by atoms with Crippen LogP contribution in [0.2, 0.25) is 5.02 Å². The van der Waals surface area contributed by atoms with E-state index in [0.29, 0.717) is 33.6 Å². The van der Waals surface area contributed by atoms with Gasteiger partial charge in [-0.15, -0.1) is 10.2 Å². The normalized spacial score (nSPS) is 14.5. The van der Waals surface area contributed by atoms with Crippen LogP contribution in [0.5, 0.6) is 5.75 Å². The molecule has 7 heteroatoms. The van der Waals surface area contributed by atoms with Crippen LogP contribution in [-0.4, -0.2) is 29.7 Å². The second-order valence-corrected chi connectivity index (χ2v) is 6.80. The van der Waals surface area contributed by atoms with Crippen LogP contribution in [0, 0.1) is 6.92 Å². The van der Waals surface area contributed by atoms with E-state index in [1.54, 1.807) is 18.2 Å². The van der Waals surface area contributed by atoms with Crippen molar-refractivity contribution < 1.29 is 5.11 Å². The number of aryl methyl sites for hydroxylation is 1. The predicted octanol–water partition coefficient (Wildman–Crippen LogP) is 3.88. The summed E-state index contributed by atoms with van der Waals surface area (Å²) in [6.07, 6.45) is 2.35. The zero-order valence-corrected chi connectivity index (χ0v) is 14.2. The molecule has 1 N–H and O–H groups in total. The van der Waals surface area contributed by atoms with Gasteiger partial charge in [0.2, 0.25) is 0 Å². The van der Waals surface area contributed by atoms with Crippen molar-refractivity contribution in [3.63, 3.8) is 0 Å². The first-order valence-corrected chi connectivity index (χ1v) is 8.51. The number of fused-ring (bicyclic) bond motifs is 3. The molecule has 0 atom stereocenters. The van der Waals surface area contributed by atoms with E-state index in [2.05, 4.69) is 15.2 Å². The summed E-state index contributed by atoms with van der Waals surface area (Å²) in [5, 5.41) is 18.9. The molecule has 25 heavy (non-hydrogen) atoms. The summed E-state index contributed by atoms with van der Waals surface area (Å²) in [4.78, 5) is 9.44. The van der Waals surface area contributed by atoms with E-state index < -0.39 is 0 Å². The van der Waals surface area contributed by atoms with Gasteiger partial charge in [-0.25, -0.2) is 9.97 Å². The number of hydrogen-bond acceptors (Lipinski definition) is 5. The van der Waals surface area contributed by atoms with E-state index >= 15 is 0 Å². The van der Waals surface area contributed by atoms with Crippen molar-refractivity contribution in [2.75, 3.05) is 0 Å². The van der Waals surface area contributed by atoms with Crippen molar-refractivity contribution in [3.8, 4) is 17.1 Å². The number of pyridine rings is 1. The number of rotatable bonds is 2. The fourth-order valence-corrected chi connectivity index (χ4v) is 3.32. The topological polar surface area (TPSA) is 76.2 Å². The monoisotopic (exact) mass is 351 g/mol. The summed E-state index contributed by atoms with van der Waals surface area (Å²) < 4.78 is 1.88. The third-order valence-electron chi connectivity index (χ3n) is 4.55. The highest BCUT2D eigenvalue weighted by molar-refractivity contribution is 6.33. The minimum Gasteiger partial charge on any atom is -0.508 e. The first-order valence-electron chi connectivity index (χ1n) is 8.13. The van der Waals surface area contributed by atoms with E-state index in [1.165, 1.54) is 12.8 Å². The van der Waals surface area contributed by atoms with Crippen molar-refractivity contribution in [2.45, 2.75) is 25.7 Å². The average Bonchev–Trinajstić information content (AvgIpc) is 3.35. The van der Waals surface area contributed by atoms with Gasteiger partial charge in [0.25, 0.3) is 0 Å². The number of halogens is 1. The van der Waals surface area contributed by atoms with Crippen molar-refractivity contribution in [3.05, 3.63) is 46.7 Å². The van der Waals surface area contributed by atoms with E-state index in [0.717, 1.165) is 16.9 Å². The maximum Gasteiger partial charge on any atom is 0.184 e. The number of phenolic OH excluding ortho intramolecular Hbond substituents is 1. The Morgan fingerprint density at radius 3 is 2.72 bits per heavy atom. The summed E-state index contributed by atoms with van der Waals surface area (Å²) >= 11 is 6.34. The van der Waals surface area contributed by atoms with Crippen molar-refractivity contribution in [1.82, 2.24) is 24.6 Å². The molecule has 3 aromatic heterocycles. The van der Waals surface area contributed by atoms with Crippen LogP contribution in [0.1, 0.15) is 30.1 Å². The van der Waals surface area contributed by atoms with Gasteiger partial charge in [0.1, 0.15) is 11.3 Å². The molecule has 0 aliphatic heterocycles. The standard InChI is InChI=1S/C18H14ClN5O/c1-9-16-22-23-17(12-8-11(25)4-5-13(12)19)24(16)18-15(20-9)7-6-14(21-18)10-2-3-10/h4-8,10,25H,2-3H2,1H3. The van der Waals surface area contributed by atoms with Crippen LogP contribution in [0.15, 0.2) is 30.3 Å². The molecule has 0 spiro atoms. The minimum absolute atomic E-state index is 0.123. The third kappa shape index (κ3) is 2.25. The summed E-state index contributed by atoms with van der Waals surface area (Å²) in [5.41, 5.74) is 4.59. The number of hydrogen-bond donors (Lipinski definition) is 1. The molecular formula is C18H14ClN5O. The lowest BCUT2D eigenvalue weighted by molar-refractivity contribution is 0.475. The molecule has 6 nitrogen and oxygen atoms in total. The van der Waals surface area contributed by atoms with Gasteiger partial charge in [0.15, 0.2) is 17.1 Å².